The standard InChI is InChI=1S/C14H14N.C10H15.C7H8NO2S.ClH.Ru/c15-14(13-9-5-2-6-10-13)11-12-7-3-1-4-8-12;1-8-4-5-9(2)7-10(3)6-8;1-6-2-4-7(5-3-6)11(8,9)10;;/h1-10,14-15H,11H2;4,6-8H,5H2,1-3H3;2-5H,1H3,(H-,8,9,10);1H;/q3*-1;;+4/p-1/t14-;;;;/m1..../s1. The Morgan fingerprint density at radius 1 is 0.921 bits per heavy atom. The van der Waals surface area contributed by atoms with Crippen molar-refractivity contribution >= 4 is 19.7 Å². The maximum absolute atomic E-state index is 10.6. The van der Waals surface area contributed by atoms with Crippen LogP contribution in [0.5, 0.6) is 0 Å². The van der Waals surface area contributed by atoms with Crippen LogP contribution in [0.1, 0.15) is 49.9 Å². The van der Waals surface area contributed by atoms with Gasteiger partial charge in [-0.1, -0.05) is 102 Å². The van der Waals surface area contributed by atoms with Gasteiger partial charge in [-0.2, -0.15) is 12.3 Å². The fourth-order valence-electron chi connectivity index (χ4n) is 3.72. The van der Waals surface area contributed by atoms with Crippen molar-refractivity contribution < 1.29 is 25.7 Å². The molecule has 3 aromatic carbocycles. The molecule has 1 aliphatic carbocycles. The molecule has 0 heterocycles. The molecule has 1 aliphatic rings. The van der Waals surface area contributed by atoms with E-state index in [4.69, 9.17) is 10.9 Å². The van der Waals surface area contributed by atoms with Crippen LogP contribution in [0.2, 0.25) is 0 Å². The van der Waals surface area contributed by atoms with Gasteiger partial charge in [-0.25, -0.2) is 8.42 Å². The number of halogens is 1. The maximum Gasteiger partial charge on any atom is -0.0402 e. The van der Waals surface area contributed by atoms with Gasteiger partial charge in [-0.3, -0.25) is 0 Å². The van der Waals surface area contributed by atoms with Gasteiger partial charge in [0.15, 0.2) is 0 Å². The molecule has 0 radical (unpaired) electrons. The van der Waals surface area contributed by atoms with Crippen LogP contribution >= 0.6 is 9.69 Å². The first-order valence-electron chi connectivity index (χ1n) is 12.2. The second-order valence-electron chi connectivity index (χ2n) is 9.17. The van der Waals surface area contributed by atoms with Gasteiger partial charge in [0.25, 0.3) is 0 Å². The molecule has 4 rings (SSSR count). The van der Waals surface area contributed by atoms with Crippen LogP contribution in [-0.2, 0) is 33.8 Å². The predicted octanol–water partition coefficient (Wildman–Crippen LogP) is 9.57. The van der Waals surface area contributed by atoms with Crippen LogP contribution in [0.3, 0.4) is 0 Å². The van der Waals surface area contributed by atoms with Crippen molar-refractivity contribution in [2.75, 3.05) is 0 Å². The summed E-state index contributed by atoms with van der Waals surface area (Å²) >= 11 is 1.82. The fraction of sp³-hybridized carbons (Fsp3) is 0.258. The number of allylic oxidation sites excluding steroid dienone is 4. The summed E-state index contributed by atoms with van der Waals surface area (Å²) in [7, 11) is 0.799. The van der Waals surface area contributed by atoms with E-state index < -0.39 is 10.0 Å². The number of nitrogens with one attached hydrogen (secondary N) is 2. The first-order chi connectivity index (χ1) is 18.0. The van der Waals surface area contributed by atoms with Crippen molar-refractivity contribution in [1.82, 2.24) is 0 Å². The monoisotopic (exact) mass is 638 g/mol. The molecule has 0 fully saturated rings. The summed E-state index contributed by atoms with van der Waals surface area (Å²) in [6, 6.07) is 26.2. The number of benzene rings is 3. The number of rotatable bonds is 4. The average molecular weight is 638 g/mol. The van der Waals surface area contributed by atoms with E-state index in [1.807, 2.05) is 72.8 Å². The molecular formula is C31H37ClN2O2RuS. The van der Waals surface area contributed by atoms with E-state index in [0.717, 1.165) is 24.0 Å². The molecule has 204 valence electrons. The van der Waals surface area contributed by atoms with E-state index in [0.29, 0.717) is 5.92 Å². The average Bonchev–Trinajstić information content (AvgIpc) is 3.05. The summed E-state index contributed by atoms with van der Waals surface area (Å²) in [6.45, 7) is 8.45. The molecule has 3 aromatic rings. The molecule has 0 bridgehead atoms. The second kappa shape index (κ2) is 18.3. The summed E-state index contributed by atoms with van der Waals surface area (Å²) < 4.78 is 21.2. The molecule has 0 aliphatic heterocycles. The van der Waals surface area contributed by atoms with Crippen molar-refractivity contribution in [3.63, 3.8) is 0 Å². The molecule has 0 spiro atoms. The largest absolute Gasteiger partial charge is 0.671 e. The molecular weight excluding hydrogens is 601 g/mol. The Balaban J connectivity index is 0.000000283. The van der Waals surface area contributed by atoms with Crippen LogP contribution in [-0.4, -0.2) is 8.42 Å². The minimum absolute atomic E-state index is 0.0445. The van der Waals surface area contributed by atoms with Crippen molar-refractivity contribution in [2.45, 2.75) is 51.5 Å². The molecule has 38 heavy (non-hydrogen) atoms. The minimum atomic E-state index is -3.77. The Labute approximate surface area is 244 Å². The summed E-state index contributed by atoms with van der Waals surface area (Å²) in [5, 5.41) is 6.72. The van der Waals surface area contributed by atoms with Crippen LogP contribution < -0.4 is 0 Å². The minimum Gasteiger partial charge on any atom is -0.671 e. The fourth-order valence-corrected chi connectivity index (χ4v) is 4.21. The Morgan fingerprint density at radius 3 is 1.97 bits per heavy atom. The molecule has 2 N–H and O–H groups in total. The van der Waals surface area contributed by atoms with E-state index in [-0.39, 0.29) is 10.9 Å². The van der Waals surface area contributed by atoms with Gasteiger partial charge >= 0.3 is 27.0 Å². The van der Waals surface area contributed by atoms with E-state index >= 15 is 0 Å². The summed E-state index contributed by atoms with van der Waals surface area (Å²) in [4.78, 5) is 0.0445. The van der Waals surface area contributed by atoms with Crippen LogP contribution in [0.4, 0.5) is 0 Å². The van der Waals surface area contributed by atoms with Crippen LogP contribution in [0.25, 0.3) is 10.9 Å². The normalized spacial score (nSPS) is 15.4. The molecule has 0 aromatic heterocycles. The molecule has 0 saturated carbocycles. The third-order valence-electron chi connectivity index (χ3n) is 5.63. The number of hydrogen-bond acceptors (Lipinski definition) is 2. The number of aryl methyl sites for hydroxylation is 1. The Hall–Kier alpha value is -2.08. The quantitative estimate of drug-likeness (QED) is 0.211. The molecule has 4 nitrogen and oxygen atoms in total. The van der Waals surface area contributed by atoms with Crippen molar-refractivity contribution in [2.24, 2.45) is 5.92 Å². The third kappa shape index (κ3) is 14.2. The van der Waals surface area contributed by atoms with Crippen molar-refractivity contribution in [1.29, 1.82) is 0 Å². The first kappa shape index (κ1) is 34.0. The van der Waals surface area contributed by atoms with Gasteiger partial charge in [0.05, 0.1) is 10.0 Å². The van der Waals surface area contributed by atoms with Gasteiger partial charge in [-0.15, -0.1) is 17.7 Å². The van der Waals surface area contributed by atoms with Gasteiger partial charge in [0, 0.05) is 4.90 Å². The smallest absolute Gasteiger partial charge is 0.0402 e. The molecule has 2 atom stereocenters. The van der Waals surface area contributed by atoms with E-state index in [1.165, 1.54) is 28.8 Å². The molecule has 0 saturated heterocycles. The van der Waals surface area contributed by atoms with Gasteiger partial charge in [0.1, 0.15) is 0 Å². The predicted molar refractivity (Wildman–Crippen MR) is 158 cm³/mol. The Morgan fingerprint density at radius 2 is 1.45 bits per heavy atom. The summed E-state index contributed by atoms with van der Waals surface area (Å²) in [5.41, 5.74) is 14.2. The zero-order valence-electron chi connectivity index (χ0n) is 22.3. The molecule has 1 unspecified atom stereocenters. The number of sulfonamides is 1. The second-order valence-corrected chi connectivity index (χ2v) is 10.6. The Kier molecular flexibility index (Phi) is 16.3. The molecule has 7 heteroatoms. The third-order valence-corrected chi connectivity index (χ3v) is 6.52. The summed E-state index contributed by atoms with van der Waals surface area (Å²) in [5.74, 6) is 0.647. The van der Waals surface area contributed by atoms with E-state index in [9.17, 15) is 8.42 Å². The van der Waals surface area contributed by atoms with Crippen LogP contribution in [0, 0.1) is 19.3 Å². The maximum atomic E-state index is 10.6. The Bertz CT molecular complexity index is 1230. The van der Waals surface area contributed by atoms with E-state index in [1.54, 1.807) is 12.1 Å². The summed E-state index contributed by atoms with van der Waals surface area (Å²) in [6.07, 6.45) is 8.85. The van der Waals surface area contributed by atoms with Gasteiger partial charge in [-0.05, 0) is 44.9 Å². The van der Waals surface area contributed by atoms with Crippen molar-refractivity contribution in [3.05, 3.63) is 142 Å². The zero-order valence-corrected chi connectivity index (χ0v) is 25.7. The molecule has 0 amide bonds. The first-order valence-corrected chi connectivity index (χ1v) is 16.0. The number of hydrogen-bond donors (Lipinski definition) is 0. The van der Waals surface area contributed by atoms with E-state index in [2.05, 4.69) is 61.2 Å². The van der Waals surface area contributed by atoms with Gasteiger partial charge in [0.2, 0.25) is 0 Å². The van der Waals surface area contributed by atoms with Gasteiger partial charge < -0.3 is 17.3 Å². The SMILES string of the molecule is CC1=CC(C)[CH-]CC(C)=C1.Cc1ccc(S([NH-])(=O)=O)cc1.[Cl][Ru+3].[NH-][C@H](Cc1ccccc1)c1ccccc1. The van der Waals surface area contributed by atoms with Crippen LogP contribution in [0.15, 0.2) is 113 Å². The zero-order chi connectivity index (χ0) is 28.6. The topological polar surface area (TPSA) is 81.7 Å². The van der Waals surface area contributed by atoms with Crippen molar-refractivity contribution in [3.8, 4) is 0 Å².